The molecule has 0 bridgehead atoms. The lowest BCUT2D eigenvalue weighted by molar-refractivity contribution is 0.739. The van der Waals surface area contributed by atoms with Crippen LogP contribution in [0.4, 0.5) is 0 Å². The minimum atomic E-state index is 0.522. The van der Waals surface area contributed by atoms with Gasteiger partial charge in [-0.1, -0.05) is 23.9 Å². The van der Waals surface area contributed by atoms with Gasteiger partial charge < -0.3 is 5.32 Å². The lowest BCUT2D eigenvalue weighted by atomic mass is 10.3. The van der Waals surface area contributed by atoms with Gasteiger partial charge in [-0.25, -0.2) is 0 Å². The van der Waals surface area contributed by atoms with Gasteiger partial charge in [0.1, 0.15) is 0 Å². The predicted octanol–water partition coefficient (Wildman–Crippen LogP) is 0.632. The fourth-order valence-electron chi connectivity index (χ4n) is 0.592. The number of hydrogen-bond acceptors (Lipinski definition) is 4. The van der Waals surface area contributed by atoms with Gasteiger partial charge in [-0.05, 0) is 16.9 Å². The molecule has 1 N–H and O–H groups in total. The maximum absolute atomic E-state index is 3.60. The molecule has 5 nitrogen and oxygen atoms in total. The lowest BCUT2D eigenvalue weighted by Crippen LogP contribution is -2.28. The van der Waals surface area contributed by atoms with Gasteiger partial charge in [0.2, 0.25) is 0 Å². The van der Waals surface area contributed by atoms with Crippen molar-refractivity contribution in [2.75, 3.05) is 6.54 Å². The molecule has 1 aliphatic heterocycles. The van der Waals surface area contributed by atoms with Gasteiger partial charge in [0.25, 0.3) is 5.96 Å². The second-order valence-electron chi connectivity index (χ2n) is 1.98. The molecule has 0 aromatic rings. The van der Waals surface area contributed by atoms with Crippen molar-refractivity contribution in [1.29, 1.82) is 0 Å². The summed E-state index contributed by atoms with van der Waals surface area (Å²) in [5.74, 6) is 0.522. The lowest BCUT2D eigenvalue weighted by Gasteiger charge is -1.98. The number of nitrogens with one attached hydrogen (secondary N) is 1. The summed E-state index contributed by atoms with van der Waals surface area (Å²) < 4.78 is 0. The SMILES string of the molecule is CCCCNC1=NN=N[N]1. The molecule has 0 aromatic carbocycles. The van der Waals surface area contributed by atoms with E-state index < -0.39 is 0 Å². The number of nitrogens with zero attached hydrogens (tertiary/aromatic N) is 4. The maximum atomic E-state index is 3.60. The van der Waals surface area contributed by atoms with Crippen LogP contribution in [0.2, 0.25) is 0 Å². The van der Waals surface area contributed by atoms with E-state index >= 15 is 0 Å². The standard InChI is InChI=1S/C5H10N5/c1-2-3-4-6-5-7-9-10-8-5/h2-4H2,1H3,(H,6,7,10). The van der Waals surface area contributed by atoms with E-state index in [1.54, 1.807) is 0 Å². The van der Waals surface area contributed by atoms with E-state index in [-0.39, 0.29) is 0 Å². The second kappa shape index (κ2) is 3.81. The van der Waals surface area contributed by atoms with Crippen LogP contribution in [-0.2, 0) is 0 Å². The molecule has 1 rings (SSSR count). The Morgan fingerprint density at radius 2 is 2.30 bits per heavy atom. The first-order valence-corrected chi connectivity index (χ1v) is 3.36. The topological polar surface area (TPSA) is 63.2 Å². The van der Waals surface area contributed by atoms with Crippen LogP contribution < -0.4 is 10.7 Å². The monoisotopic (exact) mass is 140 g/mol. The highest BCUT2D eigenvalue weighted by atomic mass is 15.6. The van der Waals surface area contributed by atoms with Crippen molar-refractivity contribution in [1.82, 2.24) is 10.7 Å². The van der Waals surface area contributed by atoms with Gasteiger partial charge in [0, 0.05) is 6.54 Å². The van der Waals surface area contributed by atoms with Gasteiger partial charge in [-0.3, -0.25) is 0 Å². The van der Waals surface area contributed by atoms with E-state index in [4.69, 9.17) is 0 Å². The highest BCUT2D eigenvalue weighted by molar-refractivity contribution is 5.79. The Morgan fingerprint density at radius 3 is 2.90 bits per heavy atom. The molecule has 5 heteroatoms. The maximum Gasteiger partial charge on any atom is 0.265 e. The van der Waals surface area contributed by atoms with E-state index in [0.717, 1.165) is 19.4 Å². The van der Waals surface area contributed by atoms with Gasteiger partial charge in [-0.15, -0.1) is 0 Å². The normalized spacial score (nSPS) is 14.7. The van der Waals surface area contributed by atoms with Crippen molar-refractivity contribution < 1.29 is 0 Å². The molecule has 1 aliphatic rings. The summed E-state index contributed by atoms with van der Waals surface area (Å²) in [6.45, 7) is 3.02. The molecule has 0 spiro atoms. The van der Waals surface area contributed by atoms with Gasteiger partial charge >= 0.3 is 0 Å². The zero-order chi connectivity index (χ0) is 7.23. The van der Waals surface area contributed by atoms with Crippen LogP contribution in [0.15, 0.2) is 15.5 Å². The molecular weight excluding hydrogens is 130 g/mol. The summed E-state index contributed by atoms with van der Waals surface area (Å²) in [5.41, 5.74) is 3.60. The Hall–Kier alpha value is -1.13. The van der Waals surface area contributed by atoms with Crippen molar-refractivity contribution in [3.8, 4) is 0 Å². The Labute approximate surface area is 59.6 Å². The quantitative estimate of drug-likeness (QED) is 0.574. The molecule has 0 aromatic heterocycles. The first-order chi connectivity index (χ1) is 4.93. The van der Waals surface area contributed by atoms with Crippen molar-refractivity contribution in [2.24, 2.45) is 15.5 Å². The first-order valence-electron chi connectivity index (χ1n) is 3.36. The first kappa shape index (κ1) is 6.98. The summed E-state index contributed by atoms with van der Waals surface area (Å²) in [6.07, 6.45) is 2.28. The number of guanidine groups is 1. The smallest absolute Gasteiger partial charge is 0.265 e. The molecule has 10 heavy (non-hydrogen) atoms. The number of unbranched alkanes of at least 4 members (excludes halogenated alkanes) is 1. The van der Waals surface area contributed by atoms with Crippen LogP contribution >= 0.6 is 0 Å². The average molecular weight is 140 g/mol. The molecule has 1 radical (unpaired) electrons. The van der Waals surface area contributed by atoms with Crippen LogP contribution in [0.5, 0.6) is 0 Å². The predicted molar refractivity (Wildman–Crippen MR) is 37.3 cm³/mol. The summed E-state index contributed by atoms with van der Waals surface area (Å²) in [5, 5.41) is 13.2. The fourth-order valence-corrected chi connectivity index (χ4v) is 0.592. The zero-order valence-corrected chi connectivity index (χ0v) is 5.91. The molecular formula is C5H10N5. The van der Waals surface area contributed by atoms with Crippen molar-refractivity contribution >= 4 is 5.96 Å². The Bertz CT molecular complexity index is 150. The van der Waals surface area contributed by atoms with Gasteiger partial charge in [0.15, 0.2) is 0 Å². The van der Waals surface area contributed by atoms with E-state index in [9.17, 15) is 0 Å². The van der Waals surface area contributed by atoms with Crippen LogP contribution in [0, 0.1) is 0 Å². The Kier molecular flexibility index (Phi) is 2.66. The highest BCUT2D eigenvalue weighted by Crippen LogP contribution is 1.88. The zero-order valence-electron chi connectivity index (χ0n) is 5.91. The molecule has 0 unspecified atom stereocenters. The molecule has 0 amide bonds. The Balaban J connectivity index is 2.04. The molecule has 0 aliphatic carbocycles. The summed E-state index contributed by atoms with van der Waals surface area (Å²) in [7, 11) is 0. The van der Waals surface area contributed by atoms with Gasteiger partial charge in [-0.2, -0.15) is 0 Å². The van der Waals surface area contributed by atoms with Crippen LogP contribution in [-0.4, -0.2) is 12.5 Å². The third-order valence-corrected chi connectivity index (χ3v) is 1.13. The van der Waals surface area contributed by atoms with Crippen LogP contribution in [0.25, 0.3) is 0 Å². The van der Waals surface area contributed by atoms with E-state index in [0.29, 0.717) is 5.96 Å². The third kappa shape index (κ3) is 2.00. The van der Waals surface area contributed by atoms with Crippen molar-refractivity contribution in [3.63, 3.8) is 0 Å². The summed E-state index contributed by atoms with van der Waals surface area (Å²) in [4.78, 5) is 0. The average Bonchev–Trinajstić information content (AvgIpc) is 2.41. The molecule has 0 atom stereocenters. The fraction of sp³-hybridized carbons (Fsp3) is 0.800. The van der Waals surface area contributed by atoms with Crippen molar-refractivity contribution in [2.45, 2.75) is 19.8 Å². The van der Waals surface area contributed by atoms with Crippen LogP contribution in [0.3, 0.4) is 0 Å². The summed E-state index contributed by atoms with van der Waals surface area (Å²) >= 11 is 0. The molecule has 0 fully saturated rings. The molecule has 0 saturated carbocycles. The van der Waals surface area contributed by atoms with E-state index in [2.05, 4.69) is 33.2 Å². The second-order valence-corrected chi connectivity index (χ2v) is 1.98. The number of rotatable bonds is 3. The minimum Gasteiger partial charge on any atom is -0.352 e. The molecule has 0 saturated heterocycles. The summed E-state index contributed by atoms with van der Waals surface area (Å²) in [6, 6.07) is 0. The Morgan fingerprint density at radius 1 is 1.40 bits per heavy atom. The van der Waals surface area contributed by atoms with Crippen molar-refractivity contribution in [3.05, 3.63) is 0 Å². The van der Waals surface area contributed by atoms with Crippen LogP contribution in [0.1, 0.15) is 19.8 Å². The van der Waals surface area contributed by atoms with E-state index in [1.807, 2.05) is 0 Å². The highest BCUT2D eigenvalue weighted by Gasteiger charge is 2.01. The minimum absolute atomic E-state index is 0.522. The van der Waals surface area contributed by atoms with Gasteiger partial charge in [0.05, 0.1) is 0 Å². The molecule has 1 heterocycles. The van der Waals surface area contributed by atoms with E-state index in [1.165, 1.54) is 0 Å². The number of hydrogen-bond donors (Lipinski definition) is 1. The third-order valence-electron chi connectivity index (χ3n) is 1.13. The largest absolute Gasteiger partial charge is 0.352 e. The molecule has 55 valence electrons.